The smallest absolute Gasteiger partial charge is 0.292 e. The third-order valence-corrected chi connectivity index (χ3v) is 5.70. The molecule has 0 fully saturated rings. The Morgan fingerprint density at radius 3 is 2.29 bits per heavy atom. The van der Waals surface area contributed by atoms with Crippen LogP contribution < -0.4 is 0 Å². The van der Waals surface area contributed by atoms with Gasteiger partial charge in [-0.15, -0.1) is 0 Å². The molecule has 0 N–H and O–H groups in total. The lowest BCUT2D eigenvalue weighted by molar-refractivity contribution is 0.564. The molecule has 24 heavy (non-hydrogen) atoms. The van der Waals surface area contributed by atoms with Crippen LogP contribution in [0.5, 0.6) is 0 Å². The maximum atomic E-state index is 12.3. The number of nitrogens with zero attached hydrogens (tertiary/aromatic N) is 2. The minimum atomic E-state index is -3.76. The van der Waals surface area contributed by atoms with Crippen molar-refractivity contribution in [3.63, 3.8) is 0 Å². The lowest BCUT2D eigenvalue weighted by Crippen LogP contribution is -2.04. The van der Waals surface area contributed by atoms with E-state index in [2.05, 4.69) is 3.77 Å². The van der Waals surface area contributed by atoms with Crippen molar-refractivity contribution in [3.8, 4) is 0 Å². The minimum absolute atomic E-state index is 0.114. The number of halogens is 1. The molecule has 0 aliphatic rings. The topological polar surface area (TPSA) is 49.7 Å². The number of benzene rings is 2. The summed E-state index contributed by atoms with van der Waals surface area (Å²) in [5, 5.41) is 0.479. The highest BCUT2D eigenvalue weighted by molar-refractivity contribution is 7.95. The van der Waals surface area contributed by atoms with Crippen molar-refractivity contribution in [2.45, 2.75) is 4.90 Å². The zero-order valence-electron chi connectivity index (χ0n) is 13.3. The first-order chi connectivity index (χ1) is 11.4. The monoisotopic (exact) mass is 380 g/mol. The maximum Gasteiger partial charge on any atom is 0.292 e. The van der Waals surface area contributed by atoms with Gasteiger partial charge in [0.05, 0.1) is 9.76 Å². The highest BCUT2D eigenvalue weighted by Crippen LogP contribution is 2.16. The lowest BCUT2D eigenvalue weighted by Gasteiger charge is -2.04. The van der Waals surface area contributed by atoms with Gasteiger partial charge in [0.1, 0.15) is 0 Å². The van der Waals surface area contributed by atoms with E-state index in [1.54, 1.807) is 0 Å². The molecule has 0 spiro atoms. The third-order valence-electron chi connectivity index (χ3n) is 2.93. The lowest BCUT2D eigenvalue weighted by atomic mass is 10.1. The molecule has 0 bridgehead atoms. The SMILES string of the molecule is CN(C)/C=C/C(=S=NS(=O)(=O)c1ccc(Cl)cc1)c1ccccc1. The van der Waals surface area contributed by atoms with E-state index in [1.165, 1.54) is 24.3 Å². The second-order valence-corrected chi connectivity index (χ2v) is 8.18. The van der Waals surface area contributed by atoms with E-state index in [9.17, 15) is 8.42 Å². The third kappa shape index (κ3) is 5.33. The summed E-state index contributed by atoms with van der Waals surface area (Å²) in [5.74, 6) is 0. The number of hydrogen-bond acceptors (Lipinski definition) is 3. The average molecular weight is 381 g/mol. The molecule has 0 aliphatic carbocycles. The van der Waals surface area contributed by atoms with Crippen molar-refractivity contribution in [2.24, 2.45) is 3.77 Å². The highest BCUT2D eigenvalue weighted by Gasteiger charge is 2.11. The van der Waals surface area contributed by atoms with Crippen molar-refractivity contribution in [3.05, 3.63) is 77.5 Å². The molecule has 0 unspecified atom stereocenters. The largest absolute Gasteiger partial charge is 0.383 e. The number of sulfonamides is 1. The summed E-state index contributed by atoms with van der Waals surface area (Å²) in [6.45, 7) is 0. The van der Waals surface area contributed by atoms with E-state index >= 15 is 0 Å². The molecular formula is C17H17ClN2O2S2. The second kappa shape index (κ2) is 8.28. The van der Waals surface area contributed by atoms with Crippen LogP contribution in [-0.2, 0) is 21.2 Å². The fourth-order valence-electron chi connectivity index (χ4n) is 1.74. The molecule has 2 rings (SSSR count). The fraction of sp³-hybridized carbons (Fsp3) is 0.118. The van der Waals surface area contributed by atoms with Crippen molar-refractivity contribution in [1.29, 1.82) is 0 Å². The van der Waals surface area contributed by atoms with E-state index < -0.39 is 10.0 Å². The van der Waals surface area contributed by atoms with Gasteiger partial charge in [-0.2, -0.15) is 8.42 Å². The highest BCUT2D eigenvalue weighted by atomic mass is 35.5. The first-order valence-corrected chi connectivity index (χ1v) is 9.64. The number of rotatable bonds is 5. The van der Waals surface area contributed by atoms with Crippen LogP contribution >= 0.6 is 11.6 Å². The quantitative estimate of drug-likeness (QED) is 0.452. The van der Waals surface area contributed by atoms with Gasteiger partial charge in [-0.05, 0) is 53.3 Å². The summed E-state index contributed by atoms with van der Waals surface area (Å²) in [7, 11) is 0.0308. The van der Waals surface area contributed by atoms with Gasteiger partial charge in [0.25, 0.3) is 10.0 Å². The molecular weight excluding hydrogens is 364 g/mol. The van der Waals surface area contributed by atoms with Crippen LogP contribution in [0.3, 0.4) is 0 Å². The van der Waals surface area contributed by atoms with E-state index in [1.807, 2.05) is 61.6 Å². The molecule has 0 heterocycles. The van der Waals surface area contributed by atoms with Gasteiger partial charge in [0, 0.05) is 19.1 Å². The van der Waals surface area contributed by atoms with E-state index in [-0.39, 0.29) is 4.90 Å². The molecule has 2 aromatic rings. The molecule has 4 nitrogen and oxygen atoms in total. The van der Waals surface area contributed by atoms with E-state index in [4.69, 9.17) is 11.6 Å². The Kier molecular flexibility index (Phi) is 6.36. The maximum absolute atomic E-state index is 12.3. The Morgan fingerprint density at radius 2 is 1.71 bits per heavy atom. The first kappa shape index (κ1) is 18.4. The molecule has 0 aromatic heterocycles. The zero-order chi connectivity index (χ0) is 17.6. The van der Waals surface area contributed by atoms with Crippen LogP contribution in [-0.4, -0.2) is 32.3 Å². The van der Waals surface area contributed by atoms with Crippen LogP contribution in [0.4, 0.5) is 0 Å². The number of allylic oxidation sites excluding steroid dienone is 1. The van der Waals surface area contributed by atoms with Crippen molar-refractivity contribution in [2.75, 3.05) is 14.1 Å². The Morgan fingerprint density at radius 1 is 1.08 bits per heavy atom. The van der Waals surface area contributed by atoms with Crippen molar-refractivity contribution >= 4 is 37.6 Å². The molecule has 0 aliphatic heterocycles. The van der Waals surface area contributed by atoms with E-state index in [0.29, 0.717) is 5.02 Å². The molecule has 0 amide bonds. The van der Waals surface area contributed by atoms with Gasteiger partial charge in [-0.3, -0.25) is 0 Å². The minimum Gasteiger partial charge on any atom is -0.383 e. The molecule has 7 heteroatoms. The standard InChI is InChI=1S/C17H17ClN2O2S2/c1-20(2)13-12-17(14-6-4-3-5-7-14)23-19-24(21,22)16-10-8-15(18)9-11-16/h3-13H,1-2H3/b13-12+. The van der Waals surface area contributed by atoms with Gasteiger partial charge in [0.15, 0.2) is 0 Å². The van der Waals surface area contributed by atoms with Gasteiger partial charge in [-0.25, -0.2) is 0 Å². The van der Waals surface area contributed by atoms with Crippen molar-refractivity contribution in [1.82, 2.24) is 4.90 Å². The fourth-order valence-corrected chi connectivity index (χ4v) is 3.76. The predicted molar refractivity (Wildman–Crippen MR) is 102 cm³/mol. The van der Waals surface area contributed by atoms with Crippen LogP contribution in [0.2, 0.25) is 5.02 Å². The first-order valence-electron chi connectivity index (χ1n) is 7.05. The Labute approximate surface area is 151 Å². The molecule has 126 valence electrons. The predicted octanol–water partition coefficient (Wildman–Crippen LogP) is 3.59. The van der Waals surface area contributed by atoms with Crippen LogP contribution in [0.25, 0.3) is 0 Å². The van der Waals surface area contributed by atoms with Crippen molar-refractivity contribution < 1.29 is 8.42 Å². The summed E-state index contributed by atoms with van der Waals surface area (Å²) in [6, 6.07) is 15.5. The summed E-state index contributed by atoms with van der Waals surface area (Å²) in [5.41, 5.74) is 0.899. The summed E-state index contributed by atoms with van der Waals surface area (Å²) in [6.07, 6.45) is 3.68. The molecule has 0 radical (unpaired) electrons. The summed E-state index contributed by atoms with van der Waals surface area (Å²) < 4.78 is 28.5. The number of hydrogen-bond donors (Lipinski definition) is 0. The Balaban J connectivity index is 2.48. The second-order valence-electron chi connectivity index (χ2n) is 5.10. The Hall–Kier alpha value is -1.89. The normalized spacial score (nSPS) is 11.3. The summed E-state index contributed by atoms with van der Waals surface area (Å²) in [4.78, 5) is 2.72. The van der Waals surface area contributed by atoms with Crippen LogP contribution in [0, 0.1) is 0 Å². The van der Waals surface area contributed by atoms with Gasteiger partial charge in [-0.1, -0.05) is 45.7 Å². The van der Waals surface area contributed by atoms with Gasteiger partial charge >= 0.3 is 0 Å². The van der Waals surface area contributed by atoms with Gasteiger partial charge < -0.3 is 4.90 Å². The molecule has 2 aromatic carbocycles. The molecule has 0 saturated carbocycles. The summed E-state index contributed by atoms with van der Waals surface area (Å²) >= 11 is 6.72. The van der Waals surface area contributed by atoms with Gasteiger partial charge in [0.2, 0.25) is 0 Å². The zero-order valence-corrected chi connectivity index (χ0v) is 15.6. The van der Waals surface area contributed by atoms with Crippen LogP contribution in [0.15, 0.2) is 75.5 Å². The molecule has 0 saturated heterocycles. The average Bonchev–Trinajstić information content (AvgIpc) is 2.56. The van der Waals surface area contributed by atoms with E-state index in [0.717, 1.165) is 21.6 Å². The Bertz CT molecular complexity index is 884. The van der Waals surface area contributed by atoms with Crippen LogP contribution in [0.1, 0.15) is 5.56 Å². The molecule has 0 atom stereocenters.